The van der Waals surface area contributed by atoms with Crippen molar-refractivity contribution in [1.82, 2.24) is 9.88 Å². The lowest BCUT2D eigenvalue weighted by molar-refractivity contribution is -0.115. The van der Waals surface area contributed by atoms with Crippen LogP contribution in [0.5, 0.6) is 0 Å². The zero-order chi connectivity index (χ0) is 19.7. The van der Waals surface area contributed by atoms with E-state index in [-0.39, 0.29) is 11.2 Å². The fourth-order valence-electron chi connectivity index (χ4n) is 4.37. The van der Waals surface area contributed by atoms with Gasteiger partial charge in [0.05, 0.1) is 6.54 Å². The molecule has 6 heteroatoms. The molecule has 0 bridgehead atoms. The zero-order valence-corrected chi connectivity index (χ0v) is 17.7. The lowest BCUT2D eigenvalue weighted by atomic mass is 9.83. The van der Waals surface area contributed by atoms with Crippen molar-refractivity contribution >= 4 is 27.9 Å². The summed E-state index contributed by atoms with van der Waals surface area (Å²) in [6, 6.07) is 8.43. The predicted octanol–water partition coefficient (Wildman–Crippen LogP) is 3.54. The molecule has 4 rings (SSSR count). The second-order valence-electron chi connectivity index (χ2n) is 8.13. The number of thiazole rings is 1. The monoisotopic (exact) mass is 396 g/mol. The predicted molar refractivity (Wildman–Crippen MR) is 116 cm³/mol. The van der Waals surface area contributed by atoms with E-state index in [1.165, 1.54) is 11.3 Å². The minimum atomic E-state index is -0.151. The van der Waals surface area contributed by atoms with Crippen LogP contribution in [-0.2, 0) is 10.2 Å². The molecule has 148 valence electrons. The first-order valence-corrected chi connectivity index (χ1v) is 10.8. The Morgan fingerprint density at radius 1 is 1.21 bits per heavy atom. The number of nitrogens with zero attached hydrogens (tertiary/aromatic N) is 4. The van der Waals surface area contributed by atoms with Gasteiger partial charge in [-0.05, 0) is 18.1 Å². The highest BCUT2D eigenvalue weighted by molar-refractivity contribution is 7.13. The highest BCUT2D eigenvalue weighted by atomic mass is 32.1. The molecule has 2 aromatic rings. The molecule has 0 radical (unpaired) electrons. The van der Waals surface area contributed by atoms with Crippen molar-refractivity contribution in [2.75, 3.05) is 49.6 Å². The van der Waals surface area contributed by atoms with Crippen LogP contribution >= 0.6 is 11.3 Å². The van der Waals surface area contributed by atoms with Gasteiger partial charge in [0.25, 0.3) is 0 Å². The van der Waals surface area contributed by atoms with E-state index in [4.69, 9.17) is 0 Å². The number of carbonyl (C=O) groups excluding carboxylic acids is 1. The summed E-state index contributed by atoms with van der Waals surface area (Å²) in [6.07, 6.45) is 4.78. The molecule has 5 nitrogen and oxygen atoms in total. The number of allylic oxidation sites excluding steroid dienone is 1. The summed E-state index contributed by atoms with van der Waals surface area (Å²) >= 11 is 1.68. The van der Waals surface area contributed by atoms with E-state index in [2.05, 4.69) is 64.8 Å². The van der Waals surface area contributed by atoms with Crippen LogP contribution in [-0.4, -0.2) is 55.4 Å². The summed E-state index contributed by atoms with van der Waals surface area (Å²) in [5, 5.41) is 3.10. The highest BCUT2D eigenvalue weighted by Gasteiger charge is 2.38. The van der Waals surface area contributed by atoms with Crippen LogP contribution in [0.25, 0.3) is 0 Å². The van der Waals surface area contributed by atoms with E-state index in [0.29, 0.717) is 6.54 Å². The number of carbonyl (C=O) groups is 1. The summed E-state index contributed by atoms with van der Waals surface area (Å²) < 4.78 is 0. The Balaban J connectivity index is 1.43. The Kier molecular flexibility index (Phi) is 5.25. The number of likely N-dealkylation sites (N-methyl/N-ethyl adjacent to an activating group) is 1. The van der Waals surface area contributed by atoms with Crippen molar-refractivity contribution in [3.8, 4) is 0 Å². The van der Waals surface area contributed by atoms with E-state index in [1.54, 1.807) is 11.3 Å². The van der Waals surface area contributed by atoms with Crippen molar-refractivity contribution in [3.63, 3.8) is 0 Å². The van der Waals surface area contributed by atoms with Gasteiger partial charge < -0.3 is 9.80 Å². The van der Waals surface area contributed by atoms with Crippen LogP contribution in [0.3, 0.4) is 0 Å². The fraction of sp³-hybridized carbons (Fsp3) is 0.455. The van der Waals surface area contributed by atoms with E-state index in [0.717, 1.165) is 43.4 Å². The smallest absolute Gasteiger partial charge is 0.185 e. The van der Waals surface area contributed by atoms with Gasteiger partial charge in [0, 0.05) is 67.7 Å². The first-order valence-electron chi connectivity index (χ1n) is 9.92. The quantitative estimate of drug-likeness (QED) is 0.740. The molecule has 1 aromatic carbocycles. The number of hydrogen-bond acceptors (Lipinski definition) is 6. The largest absolute Gasteiger partial charge is 0.347 e. The van der Waals surface area contributed by atoms with Crippen LogP contribution in [0.1, 0.15) is 25.8 Å². The van der Waals surface area contributed by atoms with Crippen LogP contribution in [0.15, 0.2) is 47.6 Å². The standard InChI is InChI=1S/C22H28N4OS/c1-22(2)18-7-4-5-8-19(18)24(3)20(22)15-17(27)16-25-10-6-11-26(13-12-25)21-23-9-14-28-21/h4-5,7-9,14-15H,6,10-13,16H2,1-3H3/b20-15-. The van der Waals surface area contributed by atoms with Crippen LogP contribution in [0.2, 0.25) is 0 Å². The zero-order valence-electron chi connectivity index (χ0n) is 16.9. The van der Waals surface area contributed by atoms with Crippen molar-refractivity contribution in [3.05, 3.63) is 53.2 Å². The van der Waals surface area contributed by atoms with Crippen molar-refractivity contribution < 1.29 is 4.79 Å². The minimum Gasteiger partial charge on any atom is -0.347 e. The number of anilines is 2. The van der Waals surface area contributed by atoms with Gasteiger partial charge in [-0.2, -0.15) is 0 Å². The SMILES string of the molecule is CN1/C(=C\C(=O)CN2CCCN(c3nccs3)CC2)C(C)(C)c2ccccc21. The molecule has 3 heterocycles. The second-order valence-corrected chi connectivity index (χ2v) is 9.00. The van der Waals surface area contributed by atoms with Gasteiger partial charge in [-0.1, -0.05) is 32.0 Å². The summed E-state index contributed by atoms with van der Waals surface area (Å²) in [5.74, 6) is 0.186. The average Bonchev–Trinajstić information content (AvgIpc) is 3.19. The molecule has 1 aromatic heterocycles. The van der Waals surface area contributed by atoms with Crippen LogP contribution in [0.4, 0.5) is 10.8 Å². The molecule has 2 aliphatic rings. The van der Waals surface area contributed by atoms with Gasteiger partial charge in [-0.25, -0.2) is 4.98 Å². The number of rotatable bonds is 4. The second kappa shape index (κ2) is 7.68. The van der Waals surface area contributed by atoms with Gasteiger partial charge >= 0.3 is 0 Å². The summed E-state index contributed by atoms with van der Waals surface area (Å²) in [7, 11) is 2.06. The average molecular weight is 397 g/mol. The Bertz CT molecular complexity index is 874. The van der Waals surface area contributed by atoms with Crippen LogP contribution in [0, 0.1) is 0 Å². The molecule has 0 atom stereocenters. The van der Waals surface area contributed by atoms with Crippen molar-refractivity contribution in [1.29, 1.82) is 0 Å². The first kappa shape index (κ1) is 19.2. The third kappa shape index (κ3) is 3.59. The maximum absolute atomic E-state index is 12.9. The van der Waals surface area contributed by atoms with Gasteiger partial charge in [0.2, 0.25) is 0 Å². The maximum atomic E-state index is 12.9. The fourth-order valence-corrected chi connectivity index (χ4v) is 5.07. The molecule has 28 heavy (non-hydrogen) atoms. The van der Waals surface area contributed by atoms with Gasteiger partial charge in [0.15, 0.2) is 10.9 Å². The number of hydrogen-bond donors (Lipinski definition) is 0. The molecule has 0 aliphatic carbocycles. The van der Waals surface area contributed by atoms with Gasteiger partial charge in [-0.3, -0.25) is 9.69 Å². The third-order valence-corrected chi connectivity index (χ3v) is 6.73. The molecule has 0 saturated carbocycles. The number of fused-ring (bicyclic) bond motifs is 1. The Hall–Kier alpha value is -2.18. The van der Waals surface area contributed by atoms with Gasteiger partial charge in [-0.15, -0.1) is 11.3 Å². The Morgan fingerprint density at radius 3 is 2.79 bits per heavy atom. The minimum absolute atomic E-state index is 0.151. The summed E-state index contributed by atoms with van der Waals surface area (Å²) in [5.41, 5.74) is 3.41. The molecule has 0 N–H and O–H groups in total. The molecule has 0 spiro atoms. The van der Waals surface area contributed by atoms with Crippen molar-refractivity contribution in [2.24, 2.45) is 0 Å². The van der Waals surface area contributed by atoms with Gasteiger partial charge in [0.1, 0.15) is 0 Å². The number of benzene rings is 1. The lowest BCUT2D eigenvalue weighted by Gasteiger charge is -2.25. The van der Waals surface area contributed by atoms with E-state index in [1.807, 2.05) is 17.7 Å². The number of aromatic nitrogens is 1. The van der Waals surface area contributed by atoms with E-state index in [9.17, 15) is 4.79 Å². The molecule has 0 unspecified atom stereocenters. The van der Waals surface area contributed by atoms with Crippen molar-refractivity contribution in [2.45, 2.75) is 25.7 Å². The normalized spacial score (nSPS) is 21.0. The number of para-hydroxylation sites is 1. The van der Waals surface area contributed by atoms with E-state index >= 15 is 0 Å². The third-order valence-electron chi connectivity index (χ3n) is 5.90. The topological polar surface area (TPSA) is 39.7 Å². The molecule has 0 amide bonds. The number of ketones is 1. The summed E-state index contributed by atoms with van der Waals surface area (Å²) in [4.78, 5) is 24.1. The molecule has 2 aliphatic heterocycles. The first-order chi connectivity index (χ1) is 13.5. The lowest BCUT2D eigenvalue weighted by Crippen LogP contribution is -2.34. The van der Waals surface area contributed by atoms with E-state index < -0.39 is 0 Å². The summed E-state index contributed by atoms with van der Waals surface area (Å²) in [6.45, 7) is 8.66. The Labute approximate surface area is 171 Å². The maximum Gasteiger partial charge on any atom is 0.185 e. The molecular weight excluding hydrogens is 368 g/mol. The van der Waals surface area contributed by atoms with Crippen LogP contribution < -0.4 is 9.80 Å². The molecular formula is C22H28N4OS. The molecule has 1 fully saturated rings. The Morgan fingerprint density at radius 2 is 2.04 bits per heavy atom. The molecule has 1 saturated heterocycles. The highest BCUT2D eigenvalue weighted by Crippen LogP contribution is 2.46.